The molecule has 10 heavy (non-hydrogen) atoms. The summed E-state index contributed by atoms with van der Waals surface area (Å²) < 4.78 is 9.78. The first-order chi connectivity index (χ1) is 4.70. The molecular weight excluding hydrogens is 150 g/mol. The fraction of sp³-hybridized carbons (Fsp3) is 0.800. The zero-order chi connectivity index (χ0) is 7.98. The van der Waals surface area contributed by atoms with Gasteiger partial charge >= 0.3 is 6.08 Å². The van der Waals surface area contributed by atoms with E-state index in [1.54, 1.807) is 6.92 Å². The van der Waals surface area contributed by atoms with Crippen molar-refractivity contribution in [1.29, 1.82) is 0 Å². The summed E-state index contributed by atoms with van der Waals surface area (Å²) in [6, 6.07) is 0. The van der Waals surface area contributed by atoms with Crippen LogP contribution >= 0.6 is 0 Å². The smallest absolute Gasteiger partial charge is 0.421 e. The van der Waals surface area contributed by atoms with E-state index in [1.165, 1.54) is 0 Å². The van der Waals surface area contributed by atoms with Gasteiger partial charge in [0.2, 0.25) is 0 Å². The summed E-state index contributed by atoms with van der Waals surface area (Å²) >= 11 is 0. The molecule has 0 spiro atoms. The summed E-state index contributed by atoms with van der Waals surface area (Å²) in [6.45, 7) is 4.14. The first-order valence-corrected chi connectivity index (χ1v) is 4.37. The van der Waals surface area contributed by atoms with Gasteiger partial charge in [-0.15, -0.1) is 0 Å². The second-order valence-electron chi connectivity index (χ2n) is 1.97. The van der Waals surface area contributed by atoms with Gasteiger partial charge in [-0.2, -0.15) is 0 Å². The van der Waals surface area contributed by atoms with E-state index in [0.717, 1.165) is 10.2 Å². The zero-order valence-electron chi connectivity index (χ0n) is 6.50. The van der Waals surface area contributed by atoms with E-state index in [0.29, 0.717) is 6.61 Å². The topological polar surface area (TPSA) is 51.0 Å². The van der Waals surface area contributed by atoms with Gasteiger partial charge in [0.25, 0.3) is 0 Å². The molecule has 0 aromatic rings. The maximum atomic E-state index is 8.26. The van der Waals surface area contributed by atoms with Crippen molar-refractivity contribution in [3.05, 3.63) is 0 Å². The predicted molar refractivity (Wildman–Crippen MR) is 41.3 cm³/mol. The highest BCUT2D eigenvalue weighted by molar-refractivity contribution is 6.11. The maximum absolute atomic E-state index is 8.26. The highest BCUT2D eigenvalue weighted by atomic mass is 28.1. The quantitative estimate of drug-likeness (QED) is 0.196. The minimum Gasteiger partial charge on any atom is -0.450 e. The van der Waals surface area contributed by atoms with Gasteiger partial charge in [-0.3, -0.25) is 0 Å². The minimum atomic E-state index is -0.0370. The van der Waals surface area contributed by atoms with Crippen LogP contribution in [0.4, 0.5) is 0 Å². The number of ether oxygens (including phenoxy) is 2. The van der Waals surface area contributed by atoms with Crippen LogP contribution in [0, 0.1) is 0 Å². The molecule has 0 fully saturated rings. The minimum absolute atomic E-state index is 0.0370. The van der Waals surface area contributed by atoms with Crippen LogP contribution in [0.2, 0.25) is 0 Å². The van der Waals surface area contributed by atoms with Crippen LogP contribution in [0.3, 0.4) is 0 Å². The third kappa shape index (κ3) is 4.19. The lowest BCUT2D eigenvalue weighted by atomic mass is 10.8. The molecule has 0 saturated heterocycles. The first kappa shape index (κ1) is 9.29. The Kier molecular flexibility index (Phi) is 4.74. The third-order valence-electron chi connectivity index (χ3n) is 0.686. The lowest BCUT2D eigenvalue weighted by Crippen LogP contribution is -2.17. The summed E-state index contributed by atoms with van der Waals surface area (Å²) in [5, 5.41) is 11.1. The molecule has 1 N–H and O–H groups in total. The van der Waals surface area contributed by atoms with Crippen LogP contribution < -0.4 is 0 Å². The molecule has 0 heterocycles. The van der Waals surface area contributed by atoms with Gasteiger partial charge in [0.05, 0.1) is 22.6 Å². The summed E-state index contributed by atoms with van der Waals surface area (Å²) in [4.78, 5) is 0. The monoisotopic (exact) mass is 163 g/mol. The third-order valence-corrected chi connectivity index (χ3v) is 0.922. The summed E-state index contributed by atoms with van der Waals surface area (Å²) in [6.07, 6.45) is -0.0370. The van der Waals surface area contributed by atoms with Gasteiger partial charge in [0.15, 0.2) is 0 Å². The molecule has 0 rings (SSSR count). The van der Waals surface area contributed by atoms with Crippen molar-refractivity contribution in [2.45, 2.75) is 19.6 Å². The van der Waals surface area contributed by atoms with Crippen LogP contribution in [0.5, 0.6) is 0 Å². The van der Waals surface area contributed by atoms with E-state index in [-0.39, 0.29) is 11.8 Å². The number of rotatable bonds is 2. The number of hydrogen-bond acceptors (Lipinski definition) is 4. The van der Waals surface area contributed by atoms with Crippen LogP contribution in [-0.2, 0) is 9.47 Å². The molecule has 1 atom stereocenters. The van der Waals surface area contributed by atoms with Crippen molar-refractivity contribution < 1.29 is 14.7 Å². The van der Waals surface area contributed by atoms with E-state index in [1.807, 2.05) is 6.92 Å². The molecule has 1 unspecified atom stereocenters. The highest BCUT2D eigenvalue weighted by Gasteiger charge is 2.02. The standard InChI is InChI=1S/C5H13NO3Si/c1-3-8-5(6-7)9-4(2)10/h4,7H,3H2,1-2,10H3. The predicted octanol–water partition coefficient (Wildman–Crippen LogP) is -0.504. The van der Waals surface area contributed by atoms with Gasteiger partial charge in [-0.05, 0) is 19.0 Å². The Hall–Kier alpha value is -0.713. The van der Waals surface area contributed by atoms with Gasteiger partial charge < -0.3 is 14.7 Å². The van der Waals surface area contributed by atoms with Crippen LogP contribution in [0.1, 0.15) is 13.8 Å². The number of hydrogen-bond donors (Lipinski definition) is 1. The fourth-order valence-electron chi connectivity index (χ4n) is 0.412. The molecule has 0 aliphatic heterocycles. The average molecular weight is 163 g/mol. The van der Waals surface area contributed by atoms with E-state index in [4.69, 9.17) is 14.7 Å². The molecule has 0 amide bonds. The molecule has 0 bridgehead atoms. The largest absolute Gasteiger partial charge is 0.450 e. The summed E-state index contributed by atoms with van der Waals surface area (Å²) in [7, 11) is 0.884. The van der Waals surface area contributed by atoms with Crippen molar-refractivity contribution in [2.24, 2.45) is 5.16 Å². The van der Waals surface area contributed by atoms with Crippen molar-refractivity contribution in [3.63, 3.8) is 0 Å². The van der Waals surface area contributed by atoms with Crippen molar-refractivity contribution >= 4 is 16.3 Å². The second-order valence-corrected chi connectivity index (χ2v) is 3.59. The molecule has 0 radical (unpaired) electrons. The summed E-state index contributed by atoms with van der Waals surface area (Å²) in [5.74, 6) is 0. The molecule has 0 aromatic carbocycles. The normalized spacial score (nSPS) is 14.8. The number of nitrogens with zero attached hydrogens (tertiary/aromatic N) is 1. The lowest BCUT2D eigenvalue weighted by molar-refractivity contribution is 0.138. The van der Waals surface area contributed by atoms with Gasteiger partial charge in [0, 0.05) is 0 Å². The molecule has 4 nitrogen and oxygen atoms in total. The van der Waals surface area contributed by atoms with E-state index < -0.39 is 0 Å². The Balaban J connectivity index is 3.62. The molecular formula is C5H13NO3Si. The Bertz CT molecular complexity index is 115. The molecule has 0 aliphatic carbocycles. The van der Waals surface area contributed by atoms with Crippen molar-refractivity contribution in [3.8, 4) is 0 Å². The first-order valence-electron chi connectivity index (χ1n) is 3.22. The average Bonchev–Trinajstić information content (AvgIpc) is 1.86. The molecule has 0 saturated carbocycles. The Morgan fingerprint density at radius 1 is 1.80 bits per heavy atom. The second kappa shape index (κ2) is 5.10. The van der Waals surface area contributed by atoms with Crippen LogP contribution in [-0.4, -0.2) is 33.9 Å². The van der Waals surface area contributed by atoms with Crippen LogP contribution in [0.15, 0.2) is 5.16 Å². The van der Waals surface area contributed by atoms with Gasteiger partial charge in [-0.25, -0.2) is 0 Å². The number of oxime groups is 1. The Morgan fingerprint density at radius 3 is 2.70 bits per heavy atom. The summed E-state index contributed by atoms with van der Waals surface area (Å²) in [5.41, 5.74) is 0.109. The Morgan fingerprint density at radius 2 is 2.40 bits per heavy atom. The SMILES string of the molecule is CCOC(=NO)OC(C)[SiH3]. The maximum Gasteiger partial charge on any atom is 0.421 e. The lowest BCUT2D eigenvalue weighted by Gasteiger charge is -2.09. The zero-order valence-corrected chi connectivity index (χ0v) is 8.50. The molecule has 5 heteroatoms. The van der Waals surface area contributed by atoms with Gasteiger partial charge in [0.1, 0.15) is 0 Å². The Labute approximate surface area is 63.2 Å². The van der Waals surface area contributed by atoms with Crippen molar-refractivity contribution in [1.82, 2.24) is 0 Å². The van der Waals surface area contributed by atoms with Gasteiger partial charge in [-0.1, -0.05) is 0 Å². The molecule has 0 aliphatic rings. The van der Waals surface area contributed by atoms with Crippen molar-refractivity contribution in [2.75, 3.05) is 6.61 Å². The van der Waals surface area contributed by atoms with E-state index in [9.17, 15) is 0 Å². The molecule has 60 valence electrons. The van der Waals surface area contributed by atoms with Crippen LogP contribution in [0.25, 0.3) is 0 Å². The van der Waals surface area contributed by atoms with E-state index in [2.05, 4.69) is 5.16 Å². The fourth-order valence-corrected chi connectivity index (χ4v) is 0.613. The highest BCUT2D eigenvalue weighted by Crippen LogP contribution is 1.89. The van der Waals surface area contributed by atoms with E-state index >= 15 is 0 Å². The molecule has 0 aromatic heterocycles.